The monoisotopic (exact) mass is 232 g/mol. The Hall–Kier alpha value is -1.81. The molecule has 0 saturated heterocycles. The predicted octanol–water partition coefficient (Wildman–Crippen LogP) is 1.94. The van der Waals surface area contributed by atoms with Crippen LogP contribution < -0.4 is 5.32 Å². The smallest absolute Gasteiger partial charge is 0.321 e. The lowest BCUT2D eigenvalue weighted by Gasteiger charge is -2.19. The summed E-state index contributed by atoms with van der Waals surface area (Å²) < 4.78 is 0. The molecular formula is C13H16N2O2. The maximum absolute atomic E-state index is 11.1. The standard InChI is InChI=1S/C13H16N2O2/c1-8(12(14-2)13(16)17)10-7-15-11-6-4-3-5-9(10)11/h3-8,12,14-15H,1-2H3,(H,16,17). The summed E-state index contributed by atoms with van der Waals surface area (Å²) in [5, 5.41) is 13.1. The quantitative estimate of drug-likeness (QED) is 0.754. The third-order valence-corrected chi connectivity index (χ3v) is 3.19. The van der Waals surface area contributed by atoms with Crippen LogP contribution in [0.3, 0.4) is 0 Å². The molecule has 2 atom stereocenters. The van der Waals surface area contributed by atoms with E-state index in [-0.39, 0.29) is 5.92 Å². The number of aromatic amines is 1. The van der Waals surface area contributed by atoms with Crippen LogP contribution in [-0.2, 0) is 4.79 Å². The van der Waals surface area contributed by atoms with E-state index >= 15 is 0 Å². The summed E-state index contributed by atoms with van der Waals surface area (Å²) in [4.78, 5) is 14.3. The lowest BCUT2D eigenvalue weighted by atomic mass is 9.93. The first-order valence-corrected chi connectivity index (χ1v) is 5.61. The highest BCUT2D eigenvalue weighted by molar-refractivity contribution is 5.85. The third kappa shape index (κ3) is 2.03. The van der Waals surface area contributed by atoms with Crippen LogP contribution >= 0.6 is 0 Å². The Morgan fingerprint density at radius 3 is 2.76 bits per heavy atom. The summed E-state index contributed by atoms with van der Waals surface area (Å²) in [5.74, 6) is -0.918. The molecule has 0 spiro atoms. The molecule has 0 saturated carbocycles. The number of likely N-dealkylation sites (N-methyl/N-ethyl adjacent to an activating group) is 1. The number of aliphatic carboxylic acids is 1. The highest BCUT2D eigenvalue weighted by Crippen LogP contribution is 2.27. The molecule has 0 aliphatic rings. The van der Waals surface area contributed by atoms with E-state index < -0.39 is 12.0 Å². The van der Waals surface area contributed by atoms with Gasteiger partial charge in [0.1, 0.15) is 6.04 Å². The zero-order valence-corrected chi connectivity index (χ0v) is 9.90. The first-order chi connectivity index (χ1) is 8.15. The van der Waals surface area contributed by atoms with E-state index in [1.165, 1.54) is 0 Å². The van der Waals surface area contributed by atoms with Crippen molar-refractivity contribution in [3.8, 4) is 0 Å². The molecule has 2 unspecified atom stereocenters. The van der Waals surface area contributed by atoms with Gasteiger partial charge in [0, 0.05) is 23.0 Å². The highest BCUT2D eigenvalue weighted by atomic mass is 16.4. The first-order valence-electron chi connectivity index (χ1n) is 5.61. The number of para-hydroxylation sites is 1. The zero-order chi connectivity index (χ0) is 12.4. The van der Waals surface area contributed by atoms with Crippen molar-refractivity contribution >= 4 is 16.9 Å². The van der Waals surface area contributed by atoms with Gasteiger partial charge in [0.25, 0.3) is 0 Å². The normalized spacial score (nSPS) is 14.7. The molecule has 4 heteroatoms. The number of nitrogens with one attached hydrogen (secondary N) is 2. The second kappa shape index (κ2) is 4.59. The fraction of sp³-hybridized carbons (Fsp3) is 0.308. The van der Waals surface area contributed by atoms with E-state index in [9.17, 15) is 4.79 Å². The SMILES string of the molecule is CNC(C(=O)O)C(C)c1c[nH]c2ccccc12. The van der Waals surface area contributed by atoms with Crippen LogP contribution in [0.4, 0.5) is 0 Å². The fourth-order valence-corrected chi connectivity index (χ4v) is 2.24. The van der Waals surface area contributed by atoms with Gasteiger partial charge in [-0.15, -0.1) is 0 Å². The second-order valence-corrected chi connectivity index (χ2v) is 4.18. The molecule has 2 aromatic rings. The van der Waals surface area contributed by atoms with Crippen molar-refractivity contribution in [2.75, 3.05) is 7.05 Å². The second-order valence-electron chi connectivity index (χ2n) is 4.18. The Labute approximate surface area is 99.7 Å². The zero-order valence-electron chi connectivity index (χ0n) is 9.90. The minimum absolute atomic E-state index is 0.0892. The molecule has 0 aliphatic heterocycles. The molecule has 2 rings (SSSR count). The molecule has 1 heterocycles. The van der Waals surface area contributed by atoms with Gasteiger partial charge in [-0.1, -0.05) is 25.1 Å². The number of carboxylic acids is 1. The molecule has 0 bridgehead atoms. The number of hydrogen-bond acceptors (Lipinski definition) is 2. The van der Waals surface area contributed by atoms with Crippen molar-refractivity contribution in [3.63, 3.8) is 0 Å². The number of carboxylic acid groups (broad SMARTS) is 1. The van der Waals surface area contributed by atoms with Crippen molar-refractivity contribution in [2.24, 2.45) is 0 Å². The lowest BCUT2D eigenvalue weighted by Crippen LogP contribution is -2.38. The van der Waals surface area contributed by atoms with E-state index in [0.29, 0.717) is 0 Å². The molecule has 0 amide bonds. The van der Waals surface area contributed by atoms with Crippen molar-refractivity contribution in [1.82, 2.24) is 10.3 Å². The summed E-state index contributed by atoms with van der Waals surface area (Å²) in [6.45, 7) is 1.92. The number of benzene rings is 1. The van der Waals surface area contributed by atoms with E-state index in [1.807, 2.05) is 37.4 Å². The van der Waals surface area contributed by atoms with Gasteiger partial charge in [-0.2, -0.15) is 0 Å². The Morgan fingerprint density at radius 2 is 2.12 bits per heavy atom. The number of fused-ring (bicyclic) bond motifs is 1. The maximum Gasteiger partial charge on any atom is 0.321 e. The number of hydrogen-bond donors (Lipinski definition) is 3. The molecule has 3 N–H and O–H groups in total. The molecule has 4 nitrogen and oxygen atoms in total. The van der Waals surface area contributed by atoms with Crippen LogP contribution in [0.25, 0.3) is 10.9 Å². The Kier molecular flexibility index (Phi) is 3.15. The average Bonchev–Trinajstić information content (AvgIpc) is 2.72. The molecule has 90 valence electrons. The minimum atomic E-state index is -0.828. The summed E-state index contributed by atoms with van der Waals surface area (Å²) in [7, 11) is 1.67. The van der Waals surface area contributed by atoms with Gasteiger partial charge < -0.3 is 15.4 Å². The molecule has 0 radical (unpaired) electrons. The molecule has 0 aliphatic carbocycles. The Bertz CT molecular complexity index is 533. The van der Waals surface area contributed by atoms with E-state index in [1.54, 1.807) is 7.05 Å². The molecular weight excluding hydrogens is 216 g/mol. The van der Waals surface area contributed by atoms with Crippen LogP contribution in [0.5, 0.6) is 0 Å². The fourth-order valence-electron chi connectivity index (χ4n) is 2.24. The number of carbonyl (C=O) groups is 1. The predicted molar refractivity (Wildman–Crippen MR) is 67.2 cm³/mol. The molecule has 0 fully saturated rings. The first kappa shape index (κ1) is 11.7. The maximum atomic E-state index is 11.1. The van der Waals surface area contributed by atoms with Gasteiger partial charge >= 0.3 is 5.97 Å². The molecule has 1 aromatic carbocycles. The summed E-state index contributed by atoms with van der Waals surface area (Å²) >= 11 is 0. The number of H-pyrrole nitrogens is 1. The van der Waals surface area contributed by atoms with Crippen LogP contribution in [0, 0.1) is 0 Å². The third-order valence-electron chi connectivity index (χ3n) is 3.19. The van der Waals surface area contributed by atoms with E-state index in [2.05, 4.69) is 10.3 Å². The van der Waals surface area contributed by atoms with Gasteiger partial charge in [-0.25, -0.2) is 0 Å². The van der Waals surface area contributed by atoms with Gasteiger partial charge in [-0.05, 0) is 18.7 Å². The van der Waals surface area contributed by atoms with Crippen molar-refractivity contribution in [1.29, 1.82) is 0 Å². The number of rotatable bonds is 4. The van der Waals surface area contributed by atoms with Gasteiger partial charge in [0.05, 0.1) is 0 Å². The average molecular weight is 232 g/mol. The largest absolute Gasteiger partial charge is 0.480 e. The van der Waals surface area contributed by atoms with Crippen LogP contribution in [0.15, 0.2) is 30.5 Å². The van der Waals surface area contributed by atoms with Gasteiger partial charge in [0.2, 0.25) is 0 Å². The van der Waals surface area contributed by atoms with E-state index in [4.69, 9.17) is 5.11 Å². The van der Waals surface area contributed by atoms with Crippen molar-refractivity contribution in [2.45, 2.75) is 18.9 Å². The number of aromatic nitrogens is 1. The van der Waals surface area contributed by atoms with Gasteiger partial charge in [-0.3, -0.25) is 4.79 Å². The Morgan fingerprint density at radius 1 is 1.41 bits per heavy atom. The van der Waals surface area contributed by atoms with Crippen LogP contribution in [-0.4, -0.2) is 29.1 Å². The molecule has 1 aromatic heterocycles. The van der Waals surface area contributed by atoms with Gasteiger partial charge in [0.15, 0.2) is 0 Å². The van der Waals surface area contributed by atoms with Crippen LogP contribution in [0.2, 0.25) is 0 Å². The lowest BCUT2D eigenvalue weighted by molar-refractivity contribution is -0.139. The summed E-state index contributed by atoms with van der Waals surface area (Å²) in [6.07, 6.45) is 1.89. The van der Waals surface area contributed by atoms with Crippen LogP contribution in [0.1, 0.15) is 18.4 Å². The molecule has 17 heavy (non-hydrogen) atoms. The summed E-state index contributed by atoms with van der Waals surface area (Å²) in [6, 6.07) is 7.34. The topological polar surface area (TPSA) is 65.1 Å². The Balaban J connectivity index is 2.42. The van der Waals surface area contributed by atoms with Crippen molar-refractivity contribution < 1.29 is 9.90 Å². The highest BCUT2D eigenvalue weighted by Gasteiger charge is 2.25. The summed E-state index contributed by atoms with van der Waals surface area (Å²) in [5.41, 5.74) is 2.07. The van der Waals surface area contributed by atoms with Crippen molar-refractivity contribution in [3.05, 3.63) is 36.0 Å². The van der Waals surface area contributed by atoms with E-state index in [0.717, 1.165) is 16.5 Å². The minimum Gasteiger partial charge on any atom is -0.480 e.